The number of methoxy groups -OCH3 is 2. The molecule has 2 aromatic carbocycles. The molecule has 1 saturated heterocycles. The van der Waals surface area contributed by atoms with Crippen LogP contribution in [0.15, 0.2) is 42.0 Å². The lowest BCUT2D eigenvalue weighted by Crippen LogP contribution is -2.38. The number of Topliss-reactive ketones (excluding diaryl/α,β-unsaturated/α-hetero) is 1. The number of carbonyl (C=O) groups is 2. The molecule has 7 nitrogen and oxygen atoms in total. The first kappa shape index (κ1) is 25.9. The molecular formula is C25H28Cl2N2O5. The molecule has 1 aliphatic heterocycles. The lowest BCUT2D eigenvalue weighted by atomic mass is 9.95. The van der Waals surface area contributed by atoms with E-state index in [9.17, 15) is 14.7 Å². The highest BCUT2D eigenvalue weighted by molar-refractivity contribution is 6.46. The molecule has 0 aliphatic carbocycles. The number of nitrogens with zero attached hydrogens (tertiary/aromatic N) is 2. The first-order valence-electron chi connectivity index (χ1n) is 10.9. The van der Waals surface area contributed by atoms with E-state index in [-0.39, 0.29) is 32.7 Å². The number of ether oxygens (including phenoxy) is 2. The Balaban J connectivity index is 2.16. The number of halogens is 2. The number of rotatable bonds is 9. The zero-order valence-corrected chi connectivity index (χ0v) is 21.1. The van der Waals surface area contributed by atoms with Gasteiger partial charge in [-0.05, 0) is 42.9 Å². The quantitative estimate of drug-likeness (QED) is 0.299. The third kappa shape index (κ3) is 5.02. The van der Waals surface area contributed by atoms with Crippen LogP contribution in [0.2, 0.25) is 10.0 Å². The van der Waals surface area contributed by atoms with Gasteiger partial charge in [0.15, 0.2) is 5.75 Å². The Bertz CT molecular complexity index is 1090. The molecule has 34 heavy (non-hydrogen) atoms. The van der Waals surface area contributed by atoms with Gasteiger partial charge in [-0.2, -0.15) is 0 Å². The molecular weight excluding hydrogens is 479 g/mol. The first-order chi connectivity index (χ1) is 16.3. The van der Waals surface area contributed by atoms with E-state index in [0.29, 0.717) is 24.4 Å². The Morgan fingerprint density at radius 1 is 1.06 bits per heavy atom. The lowest BCUT2D eigenvalue weighted by molar-refractivity contribution is -0.140. The molecule has 0 saturated carbocycles. The molecule has 1 aliphatic rings. The normalized spacial score (nSPS) is 17.5. The predicted octanol–water partition coefficient (Wildman–Crippen LogP) is 4.77. The molecule has 182 valence electrons. The summed E-state index contributed by atoms with van der Waals surface area (Å²) in [7, 11) is 2.97. The highest BCUT2D eigenvalue weighted by Gasteiger charge is 2.46. The SMILES string of the molecule is CCN(CC)CCN1C(=O)C(=O)/C(=C(/O)c2cc(Cl)c(OC)c(Cl)c2)C1c1cccc(OC)c1. The maximum Gasteiger partial charge on any atom is 0.295 e. The second-order valence-corrected chi connectivity index (χ2v) is 8.58. The van der Waals surface area contributed by atoms with Gasteiger partial charge in [-0.25, -0.2) is 0 Å². The molecule has 1 fully saturated rings. The van der Waals surface area contributed by atoms with Crippen LogP contribution >= 0.6 is 23.2 Å². The minimum Gasteiger partial charge on any atom is -0.507 e. The molecule has 0 spiro atoms. The minimum atomic E-state index is -0.801. The van der Waals surface area contributed by atoms with E-state index < -0.39 is 17.7 Å². The highest BCUT2D eigenvalue weighted by Crippen LogP contribution is 2.42. The molecule has 1 amide bonds. The van der Waals surface area contributed by atoms with E-state index in [4.69, 9.17) is 32.7 Å². The summed E-state index contributed by atoms with van der Waals surface area (Å²) in [5.41, 5.74) is 0.825. The van der Waals surface area contributed by atoms with Crippen LogP contribution in [-0.2, 0) is 9.59 Å². The van der Waals surface area contributed by atoms with Crippen LogP contribution in [0.3, 0.4) is 0 Å². The Hall–Kier alpha value is -2.74. The average Bonchev–Trinajstić information content (AvgIpc) is 3.09. The van der Waals surface area contributed by atoms with Gasteiger partial charge < -0.3 is 24.4 Å². The second kappa shape index (κ2) is 11.1. The highest BCUT2D eigenvalue weighted by atomic mass is 35.5. The van der Waals surface area contributed by atoms with Crippen LogP contribution in [0.5, 0.6) is 11.5 Å². The van der Waals surface area contributed by atoms with E-state index in [1.165, 1.54) is 31.3 Å². The number of amides is 1. The Labute approximate surface area is 209 Å². The molecule has 0 radical (unpaired) electrons. The monoisotopic (exact) mass is 506 g/mol. The fraction of sp³-hybridized carbons (Fsp3) is 0.360. The van der Waals surface area contributed by atoms with E-state index in [1.807, 2.05) is 13.8 Å². The van der Waals surface area contributed by atoms with Gasteiger partial charge in [-0.3, -0.25) is 9.59 Å². The van der Waals surface area contributed by atoms with Crippen LogP contribution < -0.4 is 9.47 Å². The van der Waals surface area contributed by atoms with Crippen molar-refractivity contribution in [3.05, 3.63) is 63.1 Å². The maximum atomic E-state index is 13.2. The number of benzene rings is 2. The summed E-state index contributed by atoms with van der Waals surface area (Å²) in [4.78, 5) is 30.0. The molecule has 1 N–H and O–H groups in total. The van der Waals surface area contributed by atoms with Gasteiger partial charge in [0, 0.05) is 18.7 Å². The van der Waals surface area contributed by atoms with E-state index in [1.54, 1.807) is 24.3 Å². The molecule has 9 heteroatoms. The number of carbonyl (C=O) groups excluding carboxylic acids is 2. The van der Waals surface area contributed by atoms with Crippen molar-refractivity contribution in [3.63, 3.8) is 0 Å². The largest absolute Gasteiger partial charge is 0.507 e. The summed E-state index contributed by atoms with van der Waals surface area (Å²) in [6.45, 7) is 6.60. The summed E-state index contributed by atoms with van der Waals surface area (Å²) < 4.78 is 10.5. The number of hydrogen-bond acceptors (Lipinski definition) is 6. The summed E-state index contributed by atoms with van der Waals surface area (Å²) in [5, 5.41) is 11.6. The molecule has 1 unspecified atom stereocenters. The van der Waals surface area contributed by atoms with Crippen LogP contribution in [0.4, 0.5) is 0 Å². The lowest BCUT2D eigenvalue weighted by Gasteiger charge is -2.28. The smallest absolute Gasteiger partial charge is 0.295 e. The van der Waals surface area contributed by atoms with Gasteiger partial charge in [0.05, 0.1) is 35.9 Å². The molecule has 0 bridgehead atoms. The Morgan fingerprint density at radius 2 is 1.71 bits per heavy atom. The van der Waals surface area contributed by atoms with Gasteiger partial charge >= 0.3 is 0 Å². The Morgan fingerprint density at radius 3 is 2.26 bits per heavy atom. The van der Waals surface area contributed by atoms with Crippen molar-refractivity contribution in [2.45, 2.75) is 19.9 Å². The van der Waals surface area contributed by atoms with Gasteiger partial charge in [0.2, 0.25) is 0 Å². The van der Waals surface area contributed by atoms with E-state index in [0.717, 1.165) is 13.1 Å². The van der Waals surface area contributed by atoms with Crippen molar-refractivity contribution in [3.8, 4) is 11.5 Å². The van der Waals surface area contributed by atoms with Crippen LogP contribution in [0, 0.1) is 0 Å². The van der Waals surface area contributed by atoms with Crippen molar-refractivity contribution in [2.75, 3.05) is 40.4 Å². The fourth-order valence-electron chi connectivity index (χ4n) is 4.10. The molecule has 2 aromatic rings. The summed E-state index contributed by atoms with van der Waals surface area (Å²) in [6, 6.07) is 9.20. The van der Waals surface area contributed by atoms with Gasteiger partial charge in [-0.15, -0.1) is 0 Å². The second-order valence-electron chi connectivity index (χ2n) is 7.77. The molecule has 0 aromatic heterocycles. The zero-order chi connectivity index (χ0) is 25.0. The van der Waals surface area contributed by atoms with E-state index in [2.05, 4.69) is 4.90 Å². The number of ketones is 1. The van der Waals surface area contributed by atoms with Gasteiger partial charge in [0.25, 0.3) is 11.7 Å². The molecule has 3 rings (SSSR count). The standard InChI is InChI=1S/C25H28Cl2N2O5/c1-5-28(6-2)10-11-29-21(15-8-7-9-17(12-15)33-3)20(23(31)25(29)32)22(30)16-13-18(26)24(34-4)19(27)14-16/h7-9,12-14,21,30H,5-6,10-11H2,1-4H3/b22-20+. The summed E-state index contributed by atoms with van der Waals surface area (Å²) in [6.07, 6.45) is 0. The first-order valence-corrected chi connectivity index (χ1v) is 11.7. The number of aliphatic hydroxyl groups is 1. The van der Waals surface area contributed by atoms with Crippen molar-refractivity contribution in [2.24, 2.45) is 0 Å². The number of aliphatic hydroxyl groups excluding tert-OH is 1. The zero-order valence-electron chi connectivity index (χ0n) is 19.6. The fourth-order valence-corrected chi connectivity index (χ4v) is 4.75. The molecule has 1 heterocycles. The molecule has 1 atom stereocenters. The Kier molecular flexibility index (Phi) is 8.47. The average molecular weight is 507 g/mol. The van der Waals surface area contributed by atoms with Crippen molar-refractivity contribution in [1.29, 1.82) is 0 Å². The predicted molar refractivity (Wildman–Crippen MR) is 133 cm³/mol. The number of hydrogen-bond donors (Lipinski definition) is 1. The van der Waals surface area contributed by atoms with Gasteiger partial charge in [0.1, 0.15) is 11.5 Å². The topological polar surface area (TPSA) is 79.3 Å². The summed E-state index contributed by atoms with van der Waals surface area (Å²) >= 11 is 12.5. The van der Waals surface area contributed by atoms with Crippen molar-refractivity contribution < 1.29 is 24.2 Å². The third-order valence-corrected chi connectivity index (χ3v) is 6.54. The third-order valence-electron chi connectivity index (χ3n) is 5.98. The minimum absolute atomic E-state index is 0.0323. The number of likely N-dealkylation sites (tertiary alicyclic amines) is 1. The van der Waals surface area contributed by atoms with E-state index >= 15 is 0 Å². The maximum absolute atomic E-state index is 13.2. The van der Waals surface area contributed by atoms with Crippen LogP contribution in [0.1, 0.15) is 31.0 Å². The van der Waals surface area contributed by atoms with Crippen molar-refractivity contribution in [1.82, 2.24) is 9.80 Å². The van der Waals surface area contributed by atoms with Crippen molar-refractivity contribution >= 4 is 40.7 Å². The van der Waals surface area contributed by atoms with Crippen LogP contribution in [-0.4, -0.2) is 67.0 Å². The van der Waals surface area contributed by atoms with Gasteiger partial charge in [-0.1, -0.05) is 49.2 Å². The summed E-state index contributed by atoms with van der Waals surface area (Å²) in [5.74, 6) is -0.977. The van der Waals surface area contributed by atoms with Crippen LogP contribution in [0.25, 0.3) is 5.76 Å². The number of likely N-dealkylation sites (N-methyl/N-ethyl adjacent to an activating group) is 1.